The van der Waals surface area contributed by atoms with Gasteiger partial charge in [-0.1, -0.05) is 168 Å². The number of methoxy groups -OCH3 is 3. The van der Waals surface area contributed by atoms with Gasteiger partial charge < -0.3 is 29.0 Å². The third kappa shape index (κ3) is 13.1. The molecular formula is C48H58F9NO8. The Labute approximate surface area is 379 Å². The van der Waals surface area contributed by atoms with E-state index in [2.05, 4.69) is 6.92 Å². The normalized spacial score (nSPS) is 16.1. The molecule has 0 saturated heterocycles. The van der Waals surface area contributed by atoms with Crippen molar-refractivity contribution in [1.29, 1.82) is 0 Å². The van der Waals surface area contributed by atoms with Crippen LogP contribution >= 0.6 is 0 Å². The maximum absolute atomic E-state index is 15.2. The number of carbonyl (C=O) groups is 3. The summed E-state index contributed by atoms with van der Waals surface area (Å²) in [5.41, 5.74) is -14.0. The zero-order valence-corrected chi connectivity index (χ0v) is 37.3. The van der Waals surface area contributed by atoms with Crippen LogP contribution in [0.3, 0.4) is 0 Å². The molecule has 66 heavy (non-hydrogen) atoms. The molecule has 0 aliphatic rings. The second kappa shape index (κ2) is 25.3. The van der Waals surface area contributed by atoms with Crippen LogP contribution in [0.2, 0.25) is 0 Å². The second-order valence-electron chi connectivity index (χ2n) is 15.5. The van der Waals surface area contributed by atoms with Crippen molar-refractivity contribution < 1.29 is 77.6 Å². The Hall–Kier alpha value is -4.94. The Morgan fingerprint density at radius 1 is 0.530 bits per heavy atom. The quantitative estimate of drug-likeness (QED) is 0.0348. The Balaban J connectivity index is 2.15. The standard InChI is InChI=1S/C48H58F9NO8/c1-5-6-7-8-9-10-11-12-13-14-15-16-26-33-39(66-42(61)45(64-4,48(55,56)57)37-31-24-19-25-32-37)38(58-40(59)43(62-2,46(49,50)51)35-27-20-17-21-28-35)34-65-41(60)44(63-3,47(52,53)54)36-29-22-18-23-30-36/h17-33,38-39H,5-16,34H2,1-4H3,(H,58,59)/b33-26+/t38-,39-,43-,44-,45-/m1/s1. The van der Waals surface area contributed by atoms with E-state index in [-0.39, 0.29) is 6.42 Å². The molecule has 5 atom stereocenters. The molecule has 9 nitrogen and oxygen atoms in total. The van der Waals surface area contributed by atoms with E-state index in [0.29, 0.717) is 34.2 Å². The molecule has 0 spiro atoms. The molecule has 3 rings (SSSR count). The third-order valence-corrected chi connectivity index (χ3v) is 11.2. The molecule has 1 amide bonds. The first kappa shape index (κ1) is 55.4. The van der Waals surface area contributed by atoms with Gasteiger partial charge in [-0.2, -0.15) is 39.5 Å². The second-order valence-corrected chi connectivity index (χ2v) is 15.5. The van der Waals surface area contributed by atoms with E-state index in [1.54, 1.807) is 0 Å². The van der Waals surface area contributed by atoms with Crippen LogP contribution in [0.4, 0.5) is 39.5 Å². The molecule has 0 unspecified atom stereocenters. The van der Waals surface area contributed by atoms with Crippen LogP contribution < -0.4 is 5.32 Å². The van der Waals surface area contributed by atoms with Gasteiger partial charge in [-0.3, -0.25) is 4.79 Å². The van der Waals surface area contributed by atoms with Gasteiger partial charge >= 0.3 is 30.5 Å². The predicted octanol–water partition coefficient (Wildman–Crippen LogP) is 11.5. The lowest BCUT2D eigenvalue weighted by Crippen LogP contribution is -2.61. The van der Waals surface area contributed by atoms with Gasteiger partial charge in [0.05, 0.1) is 0 Å². The highest BCUT2D eigenvalue weighted by atomic mass is 19.4. The molecule has 0 saturated carbocycles. The Kier molecular flexibility index (Phi) is 21.2. The summed E-state index contributed by atoms with van der Waals surface area (Å²) >= 11 is 0. The van der Waals surface area contributed by atoms with E-state index < -0.39 is 88.6 Å². The monoisotopic (exact) mass is 947 g/mol. The molecule has 0 heterocycles. The number of unbranched alkanes of at least 4 members (excludes halogenated alkanes) is 11. The number of hydrogen-bond donors (Lipinski definition) is 1. The number of halogens is 9. The maximum atomic E-state index is 15.2. The van der Waals surface area contributed by atoms with E-state index in [1.807, 2.05) is 5.32 Å². The number of alkyl halides is 9. The molecule has 3 aromatic rings. The van der Waals surface area contributed by atoms with Gasteiger partial charge in [0.25, 0.3) is 22.7 Å². The lowest BCUT2D eigenvalue weighted by molar-refractivity contribution is -0.279. The number of rotatable bonds is 27. The number of carbonyl (C=O) groups excluding carboxylic acids is 3. The number of nitrogens with one attached hydrogen (secondary N) is 1. The summed E-state index contributed by atoms with van der Waals surface area (Å²) in [4.78, 5) is 42.0. The number of allylic oxidation sites excluding steroid dienone is 1. The van der Waals surface area contributed by atoms with E-state index >= 15 is 26.3 Å². The first-order valence-electron chi connectivity index (χ1n) is 21.6. The van der Waals surface area contributed by atoms with Crippen LogP contribution in [0.15, 0.2) is 103 Å². The maximum Gasteiger partial charge on any atom is 0.432 e. The zero-order valence-electron chi connectivity index (χ0n) is 37.3. The van der Waals surface area contributed by atoms with Gasteiger partial charge in [0.1, 0.15) is 18.8 Å². The topological polar surface area (TPSA) is 109 Å². The van der Waals surface area contributed by atoms with Gasteiger partial charge in [0.15, 0.2) is 0 Å². The van der Waals surface area contributed by atoms with Crippen LogP contribution in [-0.2, 0) is 54.9 Å². The smallest absolute Gasteiger partial charge is 0.432 e. The van der Waals surface area contributed by atoms with Crippen molar-refractivity contribution in [3.8, 4) is 0 Å². The Morgan fingerprint density at radius 2 is 0.894 bits per heavy atom. The minimum atomic E-state index is -5.57. The highest BCUT2D eigenvalue weighted by Gasteiger charge is 2.67. The van der Waals surface area contributed by atoms with E-state index in [4.69, 9.17) is 23.7 Å². The van der Waals surface area contributed by atoms with Crippen molar-refractivity contribution >= 4 is 17.8 Å². The van der Waals surface area contributed by atoms with Crippen LogP contribution in [-0.4, -0.2) is 76.5 Å². The van der Waals surface area contributed by atoms with Crippen molar-refractivity contribution in [1.82, 2.24) is 5.32 Å². The highest BCUT2D eigenvalue weighted by Crippen LogP contribution is 2.46. The fourth-order valence-electron chi connectivity index (χ4n) is 7.57. The lowest BCUT2D eigenvalue weighted by Gasteiger charge is -2.37. The average Bonchev–Trinajstić information content (AvgIpc) is 3.27. The van der Waals surface area contributed by atoms with Crippen LogP contribution in [0.25, 0.3) is 0 Å². The number of benzene rings is 3. The number of esters is 2. The van der Waals surface area contributed by atoms with Crippen LogP contribution in [0, 0.1) is 0 Å². The third-order valence-electron chi connectivity index (χ3n) is 11.2. The minimum Gasteiger partial charge on any atom is -0.461 e. The summed E-state index contributed by atoms with van der Waals surface area (Å²) in [6, 6.07) is 14.0. The largest absolute Gasteiger partial charge is 0.461 e. The van der Waals surface area contributed by atoms with Crippen LogP contribution in [0.5, 0.6) is 0 Å². The van der Waals surface area contributed by atoms with Crippen molar-refractivity contribution in [3.63, 3.8) is 0 Å². The van der Waals surface area contributed by atoms with Crippen molar-refractivity contribution in [2.75, 3.05) is 27.9 Å². The van der Waals surface area contributed by atoms with E-state index in [9.17, 15) is 27.6 Å². The average molecular weight is 948 g/mol. The fourth-order valence-corrected chi connectivity index (χ4v) is 7.57. The van der Waals surface area contributed by atoms with Gasteiger partial charge in [0.2, 0.25) is 0 Å². The molecular weight excluding hydrogens is 890 g/mol. The van der Waals surface area contributed by atoms with Gasteiger partial charge in [0, 0.05) is 38.0 Å². The molecule has 0 aromatic heterocycles. The Morgan fingerprint density at radius 3 is 1.27 bits per heavy atom. The number of hydrogen-bond acceptors (Lipinski definition) is 8. The first-order valence-corrected chi connectivity index (χ1v) is 21.6. The molecule has 0 aliphatic heterocycles. The molecule has 0 bridgehead atoms. The molecule has 0 aliphatic carbocycles. The Bertz CT molecular complexity index is 1950. The van der Waals surface area contributed by atoms with E-state index in [0.717, 1.165) is 124 Å². The van der Waals surface area contributed by atoms with Crippen molar-refractivity contribution in [2.45, 2.75) is 131 Å². The summed E-state index contributed by atoms with van der Waals surface area (Å²) in [7, 11) is 1.65. The van der Waals surface area contributed by atoms with E-state index in [1.165, 1.54) is 37.1 Å². The summed E-state index contributed by atoms with van der Waals surface area (Å²) in [6.07, 6.45) is -5.74. The highest BCUT2D eigenvalue weighted by molar-refractivity contribution is 5.88. The van der Waals surface area contributed by atoms with Crippen LogP contribution in [0.1, 0.15) is 101 Å². The lowest BCUT2D eigenvalue weighted by atomic mass is 9.90. The number of amides is 1. The van der Waals surface area contributed by atoms with Gasteiger partial charge in [-0.05, 0) is 18.9 Å². The molecule has 3 aromatic carbocycles. The zero-order chi connectivity index (χ0) is 49.1. The van der Waals surface area contributed by atoms with Crippen molar-refractivity contribution in [2.24, 2.45) is 0 Å². The molecule has 0 radical (unpaired) electrons. The minimum absolute atomic E-state index is 0.169. The van der Waals surface area contributed by atoms with Gasteiger partial charge in [-0.15, -0.1) is 0 Å². The first-order chi connectivity index (χ1) is 31.2. The predicted molar refractivity (Wildman–Crippen MR) is 227 cm³/mol. The number of ether oxygens (including phenoxy) is 5. The summed E-state index contributed by atoms with van der Waals surface area (Å²) in [5.74, 6) is -6.42. The fraction of sp³-hybridized carbons (Fsp3) is 0.521. The van der Waals surface area contributed by atoms with Gasteiger partial charge in [-0.25, -0.2) is 9.59 Å². The van der Waals surface area contributed by atoms with Crippen molar-refractivity contribution in [3.05, 3.63) is 120 Å². The molecule has 366 valence electrons. The summed E-state index contributed by atoms with van der Waals surface area (Å²) in [6.45, 7) is 0.612. The molecule has 18 heteroatoms. The summed E-state index contributed by atoms with van der Waals surface area (Å²) < 4.78 is 161. The molecule has 1 N–H and O–H groups in total. The summed E-state index contributed by atoms with van der Waals surface area (Å²) in [5, 5.41) is 1.93. The SMILES string of the molecule is CCCCCCCCCCCCC/C=C/[C@@H](OC(=O)[C@](OC)(c1ccccc1)C(F)(F)F)[C@@H](COC(=O)[C@](OC)(c1ccccc1)C(F)(F)F)NC(=O)[C@](OC)(c1ccccc1)C(F)(F)F. The molecule has 0 fully saturated rings.